The summed E-state index contributed by atoms with van der Waals surface area (Å²) >= 11 is 0. The number of ether oxygens (including phenoxy) is 2. The van der Waals surface area contributed by atoms with Crippen molar-refractivity contribution < 1.29 is 18.3 Å². The number of anilines is 1. The second-order valence-corrected chi connectivity index (χ2v) is 3.56. The predicted molar refractivity (Wildman–Crippen MR) is 62.8 cm³/mol. The Hall–Kier alpha value is -1.34. The van der Waals surface area contributed by atoms with Crippen LogP contribution in [0.5, 0.6) is 0 Å². The second kappa shape index (κ2) is 7.88. The van der Waals surface area contributed by atoms with Gasteiger partial charge in [0.25, 0.3) is 6.43 Å². The molecule has 0 saturated heterocycles. The van der Waals surface area contributed by atoms with Crippen LogP contribution in [0.4, 0.5) is 14.6 Å². The smallest absolute Gasteiger partial charge is 0.261 e. The average molecular weight is 261 g/mol. The Morgan fingerprint density at radius 2 is 2.17 bits per heavy atom. The third kappa shape index (κ3) is 5.33. The zero-order valence-electron chi connectivity index (χ0n) is 10.4. The molecule has 1 heterocycles. The van der Waals surface area contributed by atoms with Crippen LogP contribution in [0.1, 0.15) is 11.5 Å². The van der Waals surface area contributed by atoms with E-state index in [1.807, 2.05) is 0 Å². The molecule has 0 aromatic carbocycles. The second-order valence-electron chi connectivity index (χ2n) is 3.56. The summed E-state index contributed by atoms with van der Waals surface area (Å²) in [5.41, 5.74) is 0.737. The van der Waals surface area contributed by atoms with E-state index in [1.54, 1.807) is 20.2 Å². The van der Waals surface area contributed by atoms with Crippen LogP contribution >= 0.6 is 0 Å². The minimum Gasteiger partial charge on any atom is -0.378 e. The molecule has 102 valence electrons. The molecule has 1 rings (SSSR count). The maximum Gasteiger partial charge on any atom is 0.261 e. The molecule has 1 aromatic rings. The summed E-state index contributed by atoms with van der Waals surface area (Å²) in [6.07, 6.45) is -2.06. The monoisotopic (exact) mass is 261 g/mol. The van der Waals surface area contributed by atoms with Gasteiger partial charge < -0.3 is 14.8 Å². The van der Waals surface area contributed by atoms with Gasteiger partial charge in [-0.15, -0.1) is 0 Å². The van der Waals surface area contributed by atoms with E-state index in [2.05, 4.69) is 15.3 Å². The van der Waals surface area contributed by atoms with Gasteiger partial charge in [-0.3, -0.25) is 0 Å². The summed E-state index contributed by atoms with van der Waals surface area (Å²) in [6, 6.07) is 1.77. The van der Waals surface area contributed by atoms with Crippen molar-refractivity contribution in [3.05, 3.63) is 17.6 Å². The van der Waals surface area contributed by atoms with Crippen molar-refractivity contribution in [2.24, 2.45) is 0 Å². The molecule has 0 aliphatic carbocycles. The Bertz CT molecular complexity index is 364. The maximum atomic E-state index is 11.9. The number of hydrogen-bond acceptors (Lipinski definition) is 5. The van der Waals surface area contributed by atoms with Crippen LogP contribution in [0.15, 0.2) is 6.07 Å². The Labute approximate surface area is 105 Å². The molecule has 0 spiro atoms. The number of hydrogen-bond donors (Lipinski definition) is 1. The first-order chi connectivity index (χ1) is 8.65. The molecule has 0 unspecified atom stereocenters. The molecular weight excluding hydrogens is 244 g/mol. The predicted octanol–water partition coefficient (Wildman–Crippen LogP) is 1.49. The summed E-state index contributed by atoms with van der Waals surface area (Å²) in [5, 5.41) is 2.91. The van der Waals surface area contributed by atoms with Gasteiger partial charge in [0.05, 0.1) is 18.9 Å². The normalized spacial score (nSPS) is 10.9. The minimum absolute atomic E-state index is 0.171. The topological polar surface area (TPSA) is 56.3 Å². The van der Waals surface area contributed by atoms with Gasteiger partial charge in [-0.2, -0.15) is 0 Å². The van der Waals surface area contributed by atoms with Gasteiger partial charge >= 0.3 is 0 Å². The molecule has 0 saturated carbocycles. The molecule has 1 aromatic heterocycles. The van der Waals surface area contributed by atoms with E-state index in [1.165, 1.54) is 0 Å². The van der Waals surface area contributed by atoms with Crippen LogP contribution in [0, 0.1) is 0 Å². The summed E-state index contributed by atoms with van der Waals surface area (Å²) in [5.74, 6) is 1.21. The number of nitrogens with zero attached hydrogens (tertiary/aromatic N) is 2. The van der Waals surface area contributed by atoms with Crippen LogP contribution in [-0.2, 0) is 22.5 Å². The van der Waals surface area contributed by atoms with Crippen molar-refractivity contribution in [2.45, 2.75) is 19.5 Å². The summed E-state index contributed by atoms with van der Waals surface area (Å²) < 4.78 is 33.5. The van der Waals surface area contributed by atoms with Crippen molar-refractivity contribution in [1.82, 2.24) is 9.97 Å². The van der Waals surface area contributed by atoms with Crippen molar-refractivity contribution >= 4 is 5.82 Å². The number of rotatable bonds is 8. The van der Waals surface area contributed by atoms with E-state index in [4.69, 9.17) is 9.47 Å². The highest BCUT2D eigenvalue weighted by molar-refractivity contribution is 5.35. The lowest BCUT2D eigenvalue weighted by atomic mass is 10.3. The molecule has 0 atom stereocenters. The van der Waals surface area contributed by atoms with Crippen molar-refractivity contribution in [3.63, 3.8) is 0 Å². The number of methoxy groups -OCH3 is 1. The summed E-state index contributed by atoms with van der Waals surface area (Å²) in [6.45, 7) is -0.0112. The molecule has 7 heteroatoms. The van der Waals surface area contributed by atoms with Crippen LogP contribution in [0.3, 0.4) is 0 Å². The van der Waals surface area contributed by atoms with E-state index in [9.17, 15) is 8.78 Å². The molecule has 0 amide bonds. The van der Waals surface area contributed by atoms with E-state index in [0.29, 0.717) is 24.7 Å². The molecular formula is C11H17F2N3O2. The molecule has 1 N–H and O–H groups in total. The van der Waals surface area contributed by atoms with Gasteiger partial charge in [0.2, 0.25) is 0 Å². The number of halogens is 2. The van der Waals surface area contributed by atoms with E-state index < -0.39 is 13.0 Å². The largest absolute Gasteiger partial charge is 0.378 e. The van der Waals surface area contributed by atoms with E-state index in [0.717, 1.165) is 5.69 Å². The third-order valence-corrected chi connectivity index (χ3v) is 2.09. The lowest BCUT2D eigenvalue weighted by Gasteiger charge is -2.07. The summed E-state index contributed by atoms with van der Waals surface area (Å²) in [7, 11) is 3.32. The first-order valence-corrected chi connectivity index (χ1v) is 5.55. The molecule has 0 fully saturated rings. The van der Waals surface area contributed by atoms with Gasteiger partial charge in [0.15, 0.2) is 0 Å². The lowest BCUT2D eigenvalue weighted by Crippen LogP contribution is -2.10. The zero-order chi connectivity index (χ0) is 13.4. The van der Waals surface area contributed by atoms with Crippen LogP contribution in [0.25, 0.3) is 0 Å². The van der Waals surface area contributed by atoms with Gasteiger partial charge in [-0.1, -0.05) is 0 Å². The van der Waals surface area contributed by atoms with Crippen molar-refractivity contribution in [2.75, 3.05) is 32.7 Å². The van der Waals surface area contributed by atoms with E-state index >= 15 is 0 Å². The molecule has 5 nitrogen and oxygen atoms in total. The van der Waals surface area contributed by atoms with Gasteiger partial charge in [-0.05, 0) is 0 Å². The number of aromatic nitrogens is 2. The standard InChI is InChI=1S/C11H17F2N3O2/c1-14-11-5-8(6-17-2)15-10(16-11)3-4-18-7-9(12)13/h5,9H,3-4,6-7H2,1-2H3,(H,14,15,16). The zero-order valence-corrected chi connectivity index (χ0v) is 10.4. The van der Waals surface area contributed by atoms with E-state index in [-0.39, 0.29) is 6.61 Å². The van der Waals surface area contributed by atoms with Crippen LogP contribution in [0.2, 0.25) is 0 Å². The first kappa shape index (κ1) is 14.7. The van der Waals surface area contributed by atoms with Gasteiger partial charge in [0.1, 0.15) is 18.2 Å². The van der Waals surface area contributed by atoms with Crippen LogP contribution < -0.4 is 5.32 Å². The fourth-order valence-electron chi connectivity index (χ4n) is 1.35. The fourth-order valence-corrected chi connectivity index (χ4v) is 1.35. The molecule has 0 bridgehead atoms. The highest BCUT2D eigenvalue weighted by atomic mass is 19.3. The first-order valence-electron chi connectivity index (χ1n) is 5.55. The maximum absolute atomic E-state index is 11.9. The highest BCUT2D eigenvalue weighted by Gasteiger charge is 2.06. The molecule has 0 aliphatic rings. The SMILES string of the molecule is CNc1cc(COC)nc(CCOCC(F)F)n1. The Morgan fingerprint density at radius 1 is 1.39 bits per heavy atom. The lowest BCUT2D eigenvalue weighted by molar-refractivity contribution is 0.0182. The van der Waals surface area contributed by atoms with Gasteiger partial charge in [-0.25, -0.2) is 18.7 Å². The quantitative estimate of drug-likeness (QED) is 0.718. The fraction of sp³-hybridized carbons (Fsp3) is 0.636. The Kier molecular flexibility index (Phi) is 6.45. The number of nitrogens with one attached hydrogen (secondary N) is 1. The van der Waals surface area contributed by atoms with Gasteiger partial charge in [0, 0.05) is 26.6 Å². The molecule has 18 heavy (non-hydrogen) atoms. The minimum atomic E-state index is -2.45. The third-order valence-electron chi connectivity index (χ3n) is 2.09. The Balaban J connectivity index is 2.55. The molecule has 0 radical (unpaired) electrons. The van der Waals surface area contributed by atoms with Crippen molar-refractivity contribution in [1.29, 1.82) is 0 Å². The average Bonchev–Trinajstić information content (AvgIpc) is 2.34. The highest BCUT2D eigenvalue weighted by Crippen LogP contribution is 2.08. The molecule has 0 aliphatic heterocycles. The van der Waals surface area contributed by atoms with Crippen molar-refractivity contribution in [3.8, 4) is 0 Å². The Morgan fingerprint density at radius 3 is 2.78 bits per heavy atom. The number of alkyl halides is 2. The van der Waals surface area contributed by atoms with Crippen LogP contribution in [-0.4, -0.2) is 43.8 Å². The summed E-state index contributed by atoms with van der Waals surface area (Å²) in [4.78, 5) is 8.45.